The Bertz CT molecular complexity index is 407. The molecule has 1 aromatic heterocycles. The fourth-order valence-electron chi connectivity index (χ4n) is 2.13. The lowest BCUT2D eigenvalue weighted by atomic mass is 10.1. The molecule has 0 aliphatic carbocycles. The van der Waals surface area contributed by atoms with Gasteiger partial charge >= 0.3 is 0 Å². The number of likely N-dealkylation sites (tertiary alicyclic amines) is 1. The van der Waals surface area contributed by atoms with Crippen LogP contribution in [0, 0.1) is 6.92 Å². The van der Waals surface area contributed by atoms with E-state index >= 15 is 0 Å². The van der Waals surface area contributed by atoms with Gasteiger partial charge < -0.3 is 10.6 Å². The lowest BCUT2D eigenvalue weighted by Crippen LogP contribution is -2.41. The lowest BCUT2D eigenvalue weighted by Gasteiger charge is -2.27. The molecule has 0 saturated carbocycles. The lowest BCUT2D eigenvalue weighted by molar-refractivity contribution is 0.338. The number of thiazole rings is 1. The molecule has 100 valence electrons. The maximum atomic E-state index is 6.04. The molecule has 1 unspecified atom stereocenters. The van der Waals surface area contributed by atoms with Gasteiger partial charge in [-0.3, -0.25) is 4.99 Å². The fraction of sp³-hybridized carbons (Fsp3) is 0.692. The highest BCUT2D eigenvalue weighted by Gasteiger charge is 2.13. The van der Waals surface area contributed by atoms with Crippen LogP contribution in [0.3, 0.4) is 0 Å². The van der Waals surface area contributed by atoms with E-state index in [1.807, 2.05) is 6.20 Å². The Kier molecular flexibility index (Phi) is 4.58. The Balaban J connectivity index is 1.88. The summed E-state index contributed by atoms with van der Waals surface area (Å²) in [6.07, 6.45) is 5.71. The van der Waals surface area contributed by atoms with Crippen LogP contribution in [0.25, 0.3) is 0 Å². The molecule has 5 heteroatoms. The molecule has 0 aromatic carbocycles. The van der Waals surface area contributed by atoms with Crippen molar-refractivity contribution >= 4 is 17.3 Å². The first-order valence-corrected chi connectivity index (χ1v) is 7.45. The predicted octanol–water partition coefficient (Wildman–Crippen LogP) is 2.36. The summed E-state index contributed by atoms with van der Waals surface area (Å²) in [6.45, 7) is 7.08. The molecule has 1 atom stereocenters. The number of aliphatic imine (C=N–C) groups is 1. The number of aryl methyl sites for hydroxylation is 1. The average molecular weight is 266 g/mol. The van der Waals surface area contributed by atoms with Crippen molar-refractivity contribution in [2.45, 2.75) is 39.0 Å². The molecular formula is C13H22N4S. The first kappa shape index (κ1) is 13.3. The number of piperidine rings is 1. The normalized spacial score (nSPS) is 19.0. The van der Waals surface area contributed by atoms with Crippen LogP contribution in [0.1, 0.15) is 42.0 Å². The zero-order chi connectivity index (χ0) is 13.0. The summed E-state index contributed by atoms with van der Waals surface area (Å²) < 4.78 is 0. The molecule has 2 N–H and O–H groups in total. The van der Waals surface area contributed by atoms with Gasteiger partial charge in [-0.1, -0.05) is 6.92 Å². The molecule has 1 aromatic rings. The van der Waals surface area contributed by atoms with Gasteiger partial charge in [-0.15, -0.1) is 11.3 Å². The van der Waals surface area contributed by atoms with Crippen molar-refractivity contribution in [3.8, 4) is 0 Å². The SMILES string of the molecule is Cc1cnc(C(C)CN=C(N)N2CCCCC2)s1. The molecular weight excluding hydrogens is 244 g/mol. The van der Waals surface area contributed by atoms with E-state index < -0.39 is 0 Å². The molecule has 0 spiro atoms. The van der Waals surface area contributed by atoms with Gasteiger partial charge in [-0.25, -0.2) is 4.98 Å². The first-order chi connectivity index (χ1) is 8.66. The maximum Gasteiger partial charge on any atom is 0.191 e. The predicted molar refractivity (Wildman–Crippen MR) is 77.2 cm³/mol. The summed E-state index contributed by atoms with van der Waals surface area (Å²) >= 11 is 1.75. The fourth-order valence-corrected chi connectivity index (χ4v) is 2.95. The van der Waals surface area contributed by atoms with Crippen molar-refractivity contribution in [1.29, 1.82) is 0 Å². The summed E-state index contributed by atoms with van der Waals surface area (Å²) in [7, 11) is 0. The molecule has 1 aliphatic rings. The summed E-state index contributed by atoms with van der Waals surface area (Å²) in [5, 5.41) is 1.16. The molecule has 0 radical (unpaired) electrons. The van der Waals surface area contributed by atoms with Gasteiger partial charge in [0.25, 0.3) is 0 Å². The van der Waals surface area contributed by atoms with E-state index in [1.54, 1.807) is 11.3 Å². The second kappa shape index (κ2) is 6.18. The number of hydrogen-bond acceptors (Lipinski definition) is 3. The third-order valence-electron chi connectivity index (χ3n) is 3.27. The number of nitrogens with zero attached hydrogens (tertiary/aromatic N) is 3. The second-order valence-corrected chi connectivity index (χ2v) is 6.22. The Hall–Kier alpha value is -1.10. The molecule has 2 rings (SSSR count). The Morgan fingerprint density at radius 1 is 1.50 bits per heavy atom. The quantitative estimate of drug-likeness (QED) is 0.675. The highest BCUT2D eigenvalue weighted by molar-refractivity contribution is 7.11. The van der Waals surface area contributed by atoms with E-state index in [4.69, 9.17) is 5.73 Å². The Labute approximate surface area is 113 Å². The summed E-state index contributed by atoms with van der Waals surface area (Å²) in [5.74, 6) is 1.06. The van der Waals surface area contributed by atoms with Crippen molar-refractivity contribution in [3.63, 3.8) is 0 Å². The van der Waals surface area contributed by atoms with Gasteiger partial charge in [0, 0.05) is 30.1 Å². The van der Waals surface area contributed by atoms with Crippen molar-refractivity contribution in [1.82, 2.24) is 9.88 Å². The van der Waals surface area contributed by atoms with Gasteiger partial charge in [-0.05, 0) is 26.2 Å². The second-order valence-electron chi connectivity index (χ2n) is 4.96. The van der Waals surface area contributed by atoms with Crippen molar-refractivity contribution in [2.75, 3.05) is 19.6 Å². The van der Waals surface area contributed by atoms with Gasteiger partial charge in [0.1, 0.15) is 0 Å². The highest BCUT2D eigenvalue weighted by atomic mass is 32.1. The Morgan fingerprint density at radius 3 is 2.83 bits per heavy atom. The third-order valence-corrected chi connectivity index (χ3v) is 4.41. The number of rotatable bonds is 3. The van der Waals surface area contributed by atoms with Crippen LogP contribution in [0.15, 0.2) is 11.2 Å². The minimum Gasteiger partial charge on any atom is -0.370 e. The molecule has 0 amide bonds. The number of aromatic nitrogens is 1. The van der Waals surface area contributed by atoms with Crippen LogP contribution in [0.4, 0.5) is 0 Å². The van der Waals surface area contributed by atoms with Crippen LogP contribution in [0.2, 0.25) is 0 Å². The van der Waals surface area contributed by atoms with Crippen LogP contribution in [0.5, 0.6) is 0 Å². The standard InChI is InChI=1S/C13H22N4S/c1-10(12-15-9-11(2)18-12)8-16-13(14)17-6-4-3-5-7-17/h9-10H,3-8H2,1-2H3,(H2,14,16). The third kappa shape index (κ3) is 3.45. The molecule has 0 bridgehead atoms. The first-order valence-electron chi connectivity index (χ1n) is 6.64. The van der Waals surface area contributed by atoms with Crippen LogP contribution in [-0.2, 0) is 0 Å². The molecule has 1 fully saturated rings. The molecule has 18 heavy (non-hydrogen) atoms. The van der Waals surface area contributed by atoms with Gasteiger partial charge in [0.15, 0.2) is 5.96 Å². The molecule has 1 aliphatic heterocycles. The number of guanidine groups is 1. The smallest absolute Gasteiger partial charge is 0.191 e. The van der Waals surface area contributed by atoms with Gasteiger partial charge in [0.05, 0.1) is 11.6 Å². The zero-order valence-corrected chi connectivity index (χ0v) is 12.0. The van der Waals surface area contributed by atoms with Crippen molar-refractivity contribution < 1.29 is 0 Å². The molecule has 1 saturated heterocycles. The van der Waals surface area contributed by atoms with Crippen LogP contribution >= 0.6 is 11.3 Å². The average Bonchev–Trinajstić information content (AvgIpc) is 2.83. The number of hydrogen-bond donors (Lipinski definition) is 1. The minimum atomic E-state index is 0.354. The molecule has 2 heterocycles. The largest absolute Gasteiger partial charge is 0.370 e. The Morgan fingerprint density at radius 2 is 2.22 bits per heavy atom. The van der Waals surface area contributed by atoms with Gasteiger partial charge in [0.2, 0.25) is 0 Å². The summed E-state index contributed by atoms with van der Waals surface area (Å²) in [4.78, 5) is 12.4. The van der Waals surface area contributed by atoms with Crippen LogP contribution < -0.4 is 5.73 Å². The van der Waals surface area contributed by atoms with E-state index in [0.29, 0.717) is 11.9 Å². The van der Waals surface area contributed by atoms with Crippen molar-refractivity contribution in [2.24, 2.45) is 10.7 Å². The molecule has 4 nitrogen and oxygen atoms in total. The minimum absolute atomic E-state index is 0.354. The van der Waals surface area contributed by atoms with E-state index in [9.17, 15) is 0 Å². The maximum absolute atomic E-state index is 6.04. The van der Waals surface area contributed by atoms with Crippen molar-refractivity contribution in [3.05, 3.63) is 16.1 Å². The number of nitrogens with two attached hydrogens (primary N) is 1. The topological polar surface area (TPSA) is 54.5 Å². The highest BCUT2D eigenvalue weighted by Crippen LogP contribution is 2.21. The van der Waals surface area contributed by atoms with E-state index in [1.165, 1.54) is 24.1 Å². The van der Waals surface area contributed by atoms with E-state index in [-0.39, 0.29) is 0 Å². The van der Waals surface area contributed by atoms with E-state index in [2.05, 4.69) is 28.7 Å². The summed E-state index contributed by atoms with van der Waals surface area (Å²) in [6, 6.07) is 0. The van der Waals surface area contributed by atoms with Gasteiger partial charge in [-0.2, -0.15) is 0 Å². The summed E-state index contributed by atoms with van der Waals surface area (Å²) in [5.41, 5.74) is 6.04. The van der Waals surface area contributed by atoms with Crippen LogP contribution in [-0.4, -0.2) is 35.5 Å². The zero-order valence-electron chi connectivity index (χ0n) is 11.2. The monoisotopic (exact) mass is 266 g/mol. The van der Waals surface area contributed by atoms with E-state index in [0.717, 1.165) is 24.6 Å².